The highest BCUT2D eigenvalue weighted by Gasteiger charge is 2.14. The summed E-state index contributed by atoms with van der Waals surface area (Å²) in [6, 6.07) is 0. The molecule has 1 heterocycles. The Morgan fingerprint density at radius 1 is 1.60 bits per heavy atom. The van der Waals surface area contributed by atoms with Crippen LogP contribution >= 0.6 is 0 Å². The Balaban J connectivity index is 3.21. The number of aromatic amines is 1. The maximum atomic E-state index is 10.2. The Morgan fingerprint density at radius 2 is 2.20 bits per heavy atom. The van der Waals surface area contributed by atoms with Gasteiger partial charge in [0.05, 0.1) is 0 Å². The first-order chi connectivity index (χ1) is 4.50. The molecule has 0 atom stereocenters. The van der Waals surface area contributed by atoms with Gasteiger partial charge in [0.25, 0.3) is 5.16 Å². The topological polar surface area (TPSA) is 122 Å². The summed E-state index contributed by atoms with van der Waals surface area (Å²) in [5.41, 5.74) is 4.97. The van der Waals surface area contributed by atoms with Gasteiger partial charge in [0, 0.05) is 0 Å². The van der Waals surface area contributed by atoms with Crippen molar-refractivity contribution in [3.8, 4) is 0 Å². The minimum atomic E-state index is -4.32. The fourth-order valence-corrected chi connectivity index (χ4v) is 0.748. The van der Waals surface area contributed by atoms with Crippen LogP contribution in [0.15, 0.2) is 5.16 Å². The Morgan fingerprint density at radius 3 is 2.40 bits per heavy atom. The number of aromatic nitrogens is 3. The molecule has 10 heavy (non-hydrogen) atoms. The maximum absolute atomic E-state index is 10.2. The Kier molecular flexibility index (Phi) is 1.34. The monoisotopic (exact) mass is 164 g/mol. The first kappa shape index (κ1) is 6.96. The second-order valence-corrected chi connectivity index (χ2v) is 2.79. The van der Waals surface area contributed by atoms with Crippen molar-refractivity contribution in [2.75, 3.05) is 5.73 Å². The average molecular weight is 164 g/mol. The van der Waals surface area contributed by atoms with Crippen LogP contribution in [0, 0.1) is 0 Å². The predicted octanol–water partition coefficient (Wildman–Crippen LogP) is -1.37. The molecule has 56 valence electrons. The van der Waals surface area contributed by atoms with Gasteiger partial charge in [-0.15, -0.1) is 5.10 Å². The molecule has 0 saturated heterocycles. The van der Waals surface area contributed by atoms with Gasteiger partial charge in [-0.05, 0) is 0 Å². The lowest BCUT2D eigenvalue weighted by molar-refractivity contribution is 0.475. The largest absolute Gasteiger partial charge is 0.368 e. The summed E-state index contributed by atoms with van der Waals surface area (Å²) in [4.78, 5) is 3.16. The molecule has 7 nitrogen and oxygen atoms in total. The van der Waals surface area contributed by atoms with Crippen molar-refractivity contribution < 1.29 is 13.0 Å². The summed E-state index contributed by atoms with van der Waals surface area (Å²) >= 11 is 0. The number of hydrogen-bond acceptors (Lipinski definition) is 5. The van der Waals surface area contributed by atoms with E-state index in [0.717, 1.165) is 0 Å². The third-order valence-electron chi connectivity index (χ3n) is 0.713. The van der Waals surface area contributed by atoms with Crippen LogP contribution < -0.4 is 5.73 Å². The summed E-state index contributed by atoms with van der Waals surface area (Å²) < 4.78 is 28.7. The molecule has 0 bridgehead atoms. The van der Waals surface area contributed by atoms with Crippen molar-refractivity contribution in [2.24, 2.45) is 0 Å². The molecule has 1 rings (SSSR count). The number of nitrogens with one attached hydrogen (secondary N) is 1. The summed E-state index contributed by atoms with van der Waals surface area (Å²) in [6.45, 7) is 0. The first-order valence-corrected chi connectivity index (χ1v) is 3.59. The van der Waals surface area contributed by atoms with E-state index in [1.165, 1.54) is 0 Å². The van der Waals surface area contributed by atoms with Crippen LogP contribution in [0.2, 0.25) is 0 Å². The molecule has 0 amide bonds. The molecule has 0 saturated carbocycles. The molecular formula is C2H4N4O3S. The third kappa shape index (κ3) is 1.22. The fraction of sp³-hybridized carbons (Fsp3) is 0. The van der Waals surface area contributed by atoms with E-state index < -0.39 is 15.3 Å². The first-order valence-electron chi connectivity index (χ1n) is 2.15. The summed E-state index contributed by atoms with van der Waals surface area (Å²) in [6.07, 6.45) is 0. The SMILES string of the molecule is Nc1nc(S(=O)(=O)O)n[nH]1. The van der Waals surface area contributed by atoms with Gasteiger partial charge in [-0.1, -0.05) is 0 Å². The molecule has 0 aliphatic rings. The summed E-state index contributed by atoms with van der Waals surface area (Å²) in [5.74, 6) is -0.160. The highest BCUT2D eigenvalue weighted by molar-refractivity contribution is 7.85. The van der Waals surface area contributed by atoms with Gasteiger partial charge in [0.2, 0.25) is 5.95 Å². The highest BCUT2D eigenvalue weighted by atomic mass is 32.2. The maximum Gasteiger partial charge on any atom is 0.332 e. The van der Waals surface area contributed by atoms with Crippen LogP contribution in [-0.4, -0.2) is 28.2 Å². The van der Waals surface area contributed by atoms with Crippen molar-refractivity contribution in [3.05, 3.63) is 0 Å². The number of rotatable bonds is 1. The van der Waals surface area contributed by atoms with Gasteiger partial charge in [0.15, 0.2) is 0 Å². The van der Waals surface area contributed by atoms with E-state index in [4.69, 9.17) is 10.3 Å². The van der Waals surface area contributed by atoms with E-state index in [0.29, 0.717) is 0 Å². The van der Waals surface area contributed by atoms with E-state index in [1.54, 1.807) is 0 Å². The van der Waals surface area contributed by atoms with Gasteiger partial charge in [-0.3, -0.25) is 4.55 Å². The predicted molar refractivity (Wildman–Crippen MR) is 30.6 cm³/mol. The van der Waals surface area contributed by atoms with E-state index in [-0.39, 0.29) is 5.95 Å². The highest BCUT2D eigenvalue weighted by Crippen LogP contribution is 1.99. The van der Waals surface area contributed by atoms with E-state index in [1.807, 2.05) is 0 Å². The van der Waals surface area contributed by atoms with Gasteiger partial charge in [-0.2, -0.15) is 13.4 Å². The Bertz CT molecular complexity index is 326. The molecule has 0 fully saturated rings. The lowest BCUT2D eigenvalue weighted by Crippen LogP contribution is -2.00. The van der Waals surface area contributed by atoms with E-state index >= 15 is 0 Å². The second kappa shape index (κ2) is 1.92. The molecule has 0 radical (unpaired) electrons. The quantitative estimate of drug-likeness (QED) is 0.440. The van der Waals surface area contributed by atoms with Gasteiger partial charge < -0.3 is 5.73 Å². The number of nitrogens with zero attached hydrogens (tertiary/aromatic N) is 2. The van der Waals surface area contributed by atoms with Crippen molar-refractivity contribution >= 4 is 16.1 Å². The molecule has 0 unspecified atom stereocenters. The number of hydrogen-bond donors (Lipinski definition) is 3. The molecule has 4 N–H and O–H groups in total. The zero-order chi connectivity index (χ0) is 7.78. The third-order valence-corrected chi connectivity index (χ3v) is 1.36. The minimum Gasteiger partial charge on any atom is -0.368 e. The summed E-state index contributed by atoms with van der Waals surface area (Å²) in [5, 5.41) is 4.42. The van der Waals surface area contributed by atoms with Crippen LogP contribution in [-0.2, 0) is 10.1 Å². The Hall–Kier alpha value is -1.15. The molecular weight excluding hydrogens is 160 g/mol. The average Bonchev–Trinajstić information content (AvgIpc) is 2.11. The fourth-order valence-electron chi connectivity index (χ4n) is 0.373. The number of nitrogen functional groups attached to an aromatic ring is 1. The van der Waals surface area contributed by atoms with Gasteiger partial charge in [0.1, 0.15) is 0 Å². The van der Waals surface area contributed by atoms with Crippen LogP contribution in [0.25, 0.3) is 0 Å². The molecule has 0 spiro atoms. The van der Waals surface area contributed by atoms with Crippen molar-refractivity contribution in [1.82, 2.24) is 15.2 Å². The summed E-state index contributed by atoms with van der Waals surface area (Å²) in [7, 11) is -4.32. The zero-order valence-electron chi connectivity index (χ0n) is 4.64. The molecule has 1 aromatic rings. The van der Waals surface area contributed by atoms with E-state index in [9.17, 15) is 8.42 Å². The Labute approximate surface area is 56.0 Å². The zero-order valence-corrected chi connectivity index (χ0v) is 5.46. The molecule has 0 aliphatic carbocycles. The lowest BCUT2D eigenvalue weighted by Gasteiger charge is -1.82. The van der Waals surface area contributed by atoms with Crippen LogP contribution in [0.5, 0.6) is 0 Å². The van der Waals surface area contributed by atoms with Crippen molar-refractivity contribution in [1.29, 1.82) is 0 Å². The molecule has 0 aliphatic heterocycles. The van der Waals surface area contributed by atoms with Crippen LogP contribution in [0.1, 0.15) is 0 Å². The van der Waals surface area contributed by atoms with Crippen LogP contribution in [0.3, 0.4) is 0 Å². The lowest BCUT2D eigenvalue weighted by atomic mass is 11.1. The molecule has 1 aromatic heterocycles. The minimum absolute atomic E-state index is 0.160. The number of nitrogens with two attached hydrogens (primary N) is 1. The molecule has 0 aromatic carbocycles. The van der Waals surface area contributed by atoms with Crippen molar-refractivity contribution in [2.45, 2.75) is 5.16 Å². The normalized spacial score (nSPS) is 11.7. The van der Waals surface area contributed by atoms with Gasteiger partial charge in [-0.25, -0.2) is 5.10 Å². The molecule has 8 heteroatoms. The van der Waals surface area contributed by atoms with Crippen molar-refractivity contribution in [3.63, 3.8) is 0 Å². The van der Waals surface area contributed by atoms with Crippen LogP contribution in [0.4, 0.5) is 5.95 Å². The smallest absolute Gasteiger partial charge is 0.332 e. The van der Waals surface area contributed by atoms with E-state index in [2.05, 4.69) is 15.2 Å². The number of anilines is 1. The van der Waals surface area contributed by atoms with Gasteiger partial charge >= 0.3 is 10.1 Å². The number of H-pyrrole nitrogens is 1. The second-order valence-electron chi connectivity index (χ2n) is 1.48. The standard InChI is InChI=1S/C2H4N4O3S/c3-1-4-2(6-5-1)10(7,8)9/h(H,7,8,9)(H3,3,4,5,6).